The van der Waals surface area contributed by atoms with Crippen molar-refractivity contribution < 1.29 is 4.79 Å². The SMILES string of the molecule is CCNC(=O)Cn1ccc2c(CNC(C)(C)C)cccc21. The first-order valence-corrected chi connectivity index (χ1v) is 7.49. The summed E-state index contributed by atoms with van der Waals surface area (Å²) in [7, 11) is 0. The maximum Gasteiger partial charge on any atom is 0.239 e. The molecule has 1 aromatic heterocycles. The van der Waals surface area contributed by atoms with E-state index in [0.29, 0.717) is 13.1 Å². The summed E-state index contributed by atoms with van der Waals surface area (Å²) >= 11 is 0. The Morgan fingerprint density at radius 2 is 2.00 bits per heavy atom. The van der Waals surface area contributed by atoms with E-state index < -0.39 is 0 Å². The predicted molar refractivity (Wildman–Crippen MR) is 87.2 cm³/mol. The van der Waals surface area contributed by atoms with E-state index in [1.807, 2.05) is 17.7 Å². The Balaban J connectivity index is 2.22. The highest BCUT2D eigenvalue weighted by Gasteiger charge is 2.11. The van der Waals surface area contributed by atoms with E-state index in [9.17, 15) is 4.79 Å². The lowest BCUT2D eigenvalue weighted by molar-refractivity contribution is -0.121. The van der Waals surface area contributed by atoms with Gasteiger partial charge in [0.1, 0.15) is 6.54 Å². The molecule has 0 saturated carbocycles. The van der Waals surface area contributed by atoms with Crippen LogP contribution in [0, 0.1) is 0 Å². The molecule has 0 saturated heterocycles. The smallest absolute Gasteiger partial charge is 0.239 e. The number of nitrogens with zero attached hydrogens (tertiary/aromatic N) is 1. The Hall–Kier alpha value is -1.81. The zero-order chi connectivity index (χ0) is 15.5. The number of hydrogen-bond donors (Lipinski definition) is 2. The van der Waals surface area contributed by atoms with Gasteiger partial charge in [-0.2, -0.15) is 0 Å². The number of likely N-dealkylation sites (N-methyl/N-ethyl adjacent to an activating group) is 1. The molecule has 2 rings (SSSR count). The van der Waals surface area contributed by atoms with Crippen molar-refractivity contribution in [3.8, 4) is 0 Å². The minimum atomic E-state index is 0.0493. The van der Waals surface area contributed by atoms with Crippen molar-refractivity contribution >= 4 is 16.8 Å². The van der Waals surface area contributed by atoms with Crippen LogP contribution in [0.25, 0.3) is 10.9 Å². The molecule has 0 aliphatic rings. The maximum absolute atomic E-state index is 11.8. The number of amides is 1. The average Bonchev–Trinajstić information content (AvgIpc) is 2.79. The summed E-state index contributed by atoms with van der Waals surface area (Å²) in [5.41, 5.74) is 2.46. The molecule has 0 aliphatic heterocycles. The van der Waals surface area contributed by atoms with Crippen molar-refractivity contribution in [2.75, 3.05) is 6.54 Å². The van der Waals surface area contributed by atoms with Crippen molar-refractivity contribution in [2.45, 2.75) is 46.3 Å². The van der Waals surface area contributed by atoms with Crippen LogP contribution in [0.1, 0.15) is 33.3 Å². The van der Waals surface area contributed by atoms with Gasteiger partial charge in [0.05, 0.1) is 0 Å². The van der Waals surface area contributed by atoms with Gasteiger partial charge >= 0.3 is 0 Å². The van der Waals surface area contributed by atoms with Gasteiger partial charge < -0.3 is 15.2 Å². The van der Waals surface area contributed by atoms with Crippen LogP contribution in [-0.2, 0) is 17.9 Å². The van der Waals surface area contributed by atoms with Gasteiger partial charge in [-0.05, 0) is 45.4 Å². The van der Waals surface area contributed by atoms with Crippen molar-refractivity contribution in [3.63, 3.8) is 0 Å². The molecule has 0 atom stereocenters. The average molecular weight is 287 g/mol. The number of carbonyl (C=O) groups is 1. The van der Waals surface area contributed by atoms with E-state index in [0.717, 1.165) is 12.1 Å². The normalized spacial score (nSPS) is 11.8. The monoisotopic (exact) mass is 287 g/mol. The van der Waals surface area contributed by atoms with Gasteiger partial charge in [-0.1, -0.05) is 12.1 Å². The van der Waals surface area contributed by atoms with Gasteiger partial charge in [0.25, 0.3) is 0 Å². The van der Waals surface area contributed by atoms with Crippen LogP contribution in [-0.4, -0.2) is 22.6 Å². The lowest BCUT2D eigenvalue weighted by atomic mass is 10.1. The number of benzene rings is 1. The standard InChI is InChI=1S/C17H25N3O/c1-5-18-16(21)12-20-10-9-14-13(7-6-8-15(14)20)11-19-17(2,3)4/h6-10,19H,5,11-12H2,1-4H3,(H,18,21). The molecule has 0 bridgehead atoms. The van der Waals surface area contributed by atoms with E-state index >= 15 is 0 Å². The number of aromatic nitrogens is 1. The van der Waals surface area contributed by atoms with E-state index in [-0.39, 0.29) is 11.4 Å². The van der Waals surface area contributed by atoms with Crippen LogP contribution >= 0.6 is 0 Å². The fraction of sp³-hybridized carbons (Fsp3) is 0.471. The van der Waals surface area contributed by atoms with Crippen LogP contribution < -0.4 is 10.6 Å². The van der Waals surface area contributed by atoms with E-state index in [2.05, 4.69) is 55.7 Å². The molecule has 4 nitrogen and oxygen atoms in total. The van der Waals surface area contributed by atoms with Gasteiger partial charge in [-0.15, -0.1) is 0 Å². The van der Waals surface area contributed by atoms with Gasteiger partial charge in [0.15, 0.2) is 0 Å². The third-order valence-corrected chi connectivity index (χ3v) is 3.40. The molecule has 1 heterocycles. The van der Waals surface area contributed by atoms with Crippen molar-refractivity contribution in [3.05, 3.63) is 36.0 Å². The van der Waals surface area contributed by atoms with Crippen molar-refractivity contribution in [1.82, 2.24) is 15.2 Å². The van der Waals surface area contributed by atoms with Gasteiger partial charge in [-0.25, -0.2) is 0 Å². The first kappa shape index (κ1) is 15.6. The molecular weight excluding hydrogens is 262 g/mol. The first-order valence-electron chi connectivity index (χ1n) is 7.49. The molecule has 1 amide bonds. The highest BCUT2D eigenvalue weighted by Crippen LogP contribution is 2.21. The topological polar surface area (TPSA) is 46.1 Å². The number of rotatable bonds is 5. The molecule has 0 unspecified atom stereocenters. The lowest BCUT2D eigenvalue weighted by Gasteiger charge is -2.21. The second kappa shape index (κ2) is 6.31. The zero-order valence-electron chi connectivity index (χ0n) is 13.4. The number of nitrogens with one attached hydrogen (secondary N) is 2. The Labute approximate surface area is 126 Å². The Bertz CT molecular complexity index is 622. The van der Waals surface area contributed by atoms with Gasteiger partial charge in [-0.3, -0.25) is 4.79 Å². The third-order valence-electron chi connectivity index (χ3n) is 3.40. The van der Waals surface area contributed by atoms with E-state index in [1.165, 1.54) is 10.9 Å². The second-order valence-corrected chi connectivity index (χ2v) is 6.35. The third kappa shape index (κ3) is 4.08. The summed E-state index contributed by atoms with van der Waals surface area (Å²) in [6.07, 6.45) is 1.99. The molecule has 0 fully saturated rings. The predicted octanol–water partition coefficient (Wildman–Crippen LogP) is 2.67. The van der Waals surface area contributed by atoms with E-state index in [1.54, 1.807) is 0 Å². The number of fused-ring (bicyclic) bond motifs is 1. The second-order valence-electron chi connectivity index (χ2n) is 6.35. The summed E-state index contributed by atoms with van der Waals surface area (Å²) in [4.78, 5) is 11.8. The Morgan fingerprint density at radius 3 is 2.67 bits per heavy atom. The highest BCUT2D eigenvalue weighted by molar-refractivity contribution is 5.85. The fourth-order valence-electron chi connectivity index (χ4n) is 2.35. The molecule has 0 spiro atoms. The summed E-state index contributed by atoms with van der Waals surface area (Å²) in [6.45, 7) is 10.3. The molecule has 1 aromatic carbocycles. The highest BCUT2D eigenvalue weighted by atomic mass is 16.1. The van der Waals surface area contributed by atoms with Crippen LogP contribution in [0.15, 0.2) is 30.5 Å². The van der Waals surface area contributed by atoms with Crippen molar-refractivity contribution in [1.29, 1.82) is 0 Å². The minimum Gasteiger partial charge on any atom is -0.355 e. The molecule has 114 valence electrons. The van der Waals surface area contributed by atoms with Crippen LogP contribution in [0.4, 0.5) is 0 Å². The number of carbonyl (C=O) groups excluding carboxylic acids is 1. The van der Waals surface area contributed by atoms with Crippen LogP contribution in [0.3, 0.4) is 0 Å². The molecule has 21 heavy (non-hydrogen) atoms. The Morgan fingerprint density at radius 1 is 1.24 bits per heavy atom. The van der Waals surface area contributed by atoms with E-state index in [4.69, 9.17) is 0 Å². The molecule has 0 radical (unpaired) electrons. The van der Waals surface area contributed by atoms with Gasteiger partial charge in [0.2, 0.25) is 5.91 Å². The Kier molecular flexibility index (Phi) is 4.68. The van der Waals surface area contributed by atoms with Crippen molar-refractivity contribution in [2.24, 2.45) is 0 Å². The summed E-state index contributed by atoms with van der Waals surface area (Å²) in [6, 6.07) is 8.34. The molecule has 4 heteroatoms. The van der Waals surface area contributed by atoms with Gasteiger partial charge in [0, 0.05) is 35.7 Å². The van der Waals surface area contributed by atoms with Crippen LogP contribution in [0.2, 0.25) is 0 Å². The lowest BCUT2D eigenvalue weighted by Crippen LogP contribution is -2.35. The quantitative estimate of drug-likeness (QED) is 0.888. The summed E-state index contributed by atoms with van der Waals surface area (Å²) in [5.74, 6) is 0.0493. The fourth-order valence-corrected chi connectivity index (χ4v) is 2.35. The summed E-state index contributed by atoms with van der Waals surface area (Å²) < 4.78 is 2.00. The van der Waals surface area contributed by atoms with Crippen LogP contribution in [0.5, 0.6) is 0 Å². The molecule has 2 N–H and O–H groups in total. The maximum atomic E-state index is 11.8. The molecule has 0 aliphatic carbocycles. The number of hydrogen-bond acceptors (Lipinski definition) is 2. The largest absolute Gasteiger partial charge is 0.355 e. The minimum absolute atomic E-state index is 0.0493. The summed E-state index contributed by atoms with van der Waals surface area (Å²) in [5, 5.41) is 7.56. The first-order chi connectivity index (χ1) is 9.90. The molecule has 2 aromatic rings. The molecular formula is C17H25N3O. The zero-order valence-corrected chi connectivity index (χ0v) is 13.4.